The normalized spacial score (nSPS) is 14.9. The van der Waals surface area contributed by atoms with Crippen molar-refractivity contribution in [3.63, 3.8) is 0 Å². The molecule has 0 aromatic heterocycles. The van der Waals surface area contributed by atoms with Gasteiger partial charge in [-0.2, -0.15) is 0 Å². The molecule has 2 aromatic carbocycles. The van der Waals surface area contributed by atoms with E-state index in [1.807, 2.05) is 0 Å². The maximum atomic E-state index is 2.40. The fourth-order valence-electron chi connectivity index (χ4n) is 3.80. The van der Waals surface area contributed by atoms with Crippen LogP contribution in [0.25, 0.3) is 11.1 Å². The highest BCUT2D eigenvalue weighted by Crippen LogP contribution is 2.41. The molecule has 0 amide bonds. The van der Waals surface area contributed by atoms with Crippen LogP contribution >= 0.6 is 0 Å². The van der Waals surface area contributed by atoms with Gasteiger partial charge < -0.3 is 0 Å². The number of aryl methyl sites for hydroxylation is 1. The van der Waals surface area contributed by atoms with Crippen LogP contribution in [0.4, 0.5) is 0 Å². The Balaban J connectivity index is 2.13. The second-order valence-corrected chi connectivity index (χ2v) is 10.5. The predicted octanol–water partition coefficient (Wildman–Crippen LogP) is 8.25. The van der Waals surface area contributed by atoms with Gasteiger partial charge in [-0.3, -0.25) is 0 Å². The van der Waals surface area contributed by atoms with Crippen LogP contribution in [0.3, 0.4) is 0 Å². The van der Waals surface area contributed by atoms with Crippen molar-refractivity contribution < 1.29 is 0 Å². The lowest BCUT2D eigenvalue weighted by molar-refractivity contribution is 0.148. The van der Waals surface area contributed by atoms with E-state index >= 15 is 0 Å². The maximum absolute atomic E-state index is 2.40. The highest BCUT2D eigenvalue weighted by Gasteiger charge is 2.30. The molecule has 2 atom stereocenters. The molecular formula is C26H38. The fraction of sp³-hybridized carbons (Fsp3) is 0.538. The summed E-state index contributed by atoms with van der Waals surface area (Å²) in [6.45, 7) is 18.8. The Morgan fingerprint density at radius 1 is 0.731 bits per heavy atom. The zero-order valence-electron chi connectivity index (χ0n) is 18.2. The molecule has 0 aliphatic rings. The summed E-state index contributed by atoms with van der Waals surface area (Å²) in [7, 11) is 0. The van der Waals surface area contributed by atoms with Gasteiger partial charge in [0.2, 0.25) is 0 Å². The Bertz CT molecular complexity index is 675. The summed E-state index contributed by atoms with van der Waals surface area (Å²) in [5, 5.41) is 0. The minimum atomic E-state index is 0.351. The van der Waals surface area contributed by atoms with Crippen LogP contribution in [0.15, 0.2) is 48.5 Å². The Labute approximate surface area is 162 Å². The molecule has 0 nitrogen and oxygen atoms in total. The first-order chi connectivity index (χ1) is 12.0. The third kappa shape index (κ3) is 6.01. The van der Waals surface area contributed by atoms with Crippen molar-refractivity contribution in [1.29, 1.82) is 0 Å². The van der Waals surface area contributed by atoms with Crippen molar-refractivity contribution in [2.45, 2.75) is 74.1 Å². The van der Waals surface area contributed by atoms with Crippen molar-refractivity contribution in [3.05, 3.63) is 59.7 Å². The van der Waals surface area contributed by atoms with Crippen LogP contribution in [0.1, 0.15) is 78.4 Å². The Kier molecular flexibility index (Phi) is 6.37. The Morgan fingerprint density at radius 2 is 1.19 bits per heavy atom. The standard InChI is InChI=1S/C26H38/c1-19-9-11-22(12-10-19)23-15-13-21(14-16-23)20(2)17-24(26(6,7)8)18-25(3,4)5/h9-16,20,24H,17-18H2,1-8H3. The van der Waals surface area contributed by atoms with Crippen molar-refractivity contribution in [3.8, 4) is 11.1 Å². The summed E-state index contributed by atoms with van der Waals surface area (Å²) in [6, 6.07) is 18.0. The second-order valence-electron chi connectivity index (χ2n) is 10.5. The molecule has 0 N–H and O–H groups in total. The van der Waals surface area contributed by atoms with Crippen LogP contribution < -0.4 is 0 Å². The highest BCUT2D eigenvalue weighted by atomic mass is 14.4. The van der Waals surface area contributed by atoms with Gasteiger partial charge >= 0.3 is 0 Å². The number of rotatable bonds is 5. The lowest BCUT2D eigenvalue weighted by Gasteiger charge is -2.37. The molecule has 0 saturated carbocycles. The van der Waals surface area contributed by atoms with E-state index in [1.54, 1.807) is 0 Å². The van der Waals surface area contributed by atoms with Gasteiger partial charge in [-0.1, -0.05) is 103 Å². The molecular weight excluding hydrogens is 312 g/mol. The van der Waals surface area contributed by atoms with E-state index in [9.17, 15) is 0 Å². The minimum absolute atomic E-state index is 0.351. The zero-order chi connectivity index (χ0) is 19.5. The summed E-state index contributed by atoms with van der Waals surface area (Å²) >= 11 is 0. The summed E-state index contributed by atoms with van der Waals surface area (Å²) < 4.78 is 0. The minimum Gasteiger partial charge on any atom is -0.0602 e. The van der Waals surface area contributed by atoms with E-state index in [0.717, 1.165) is 5.92 Å². The van der Waals surface area contributed by atoms with Gasteiger partial charge in [0.1, 0.15) is 0 Å². The van der Waals surface area contributed by atoms with Crippen LogP contribution in [-0.2, 0) is 0 Å². The molecule has 0 saturated heterocycles. The molecule has 26 heavy (non-hydrogen) atoms. The molecule has 0 spiro atoms. The quantitative estimate of drug-likeness (QED) is 0.509. The summed E-state index contributed by atoms with van der Waals surface area (Å²) in [4.78, 5) is 0. The second kappa shape index (κ2) is 7.99. The topological polar surface area (TPSA) is 0 Å². The van der Waals surface area contributed by atoms with Crippen molar-refractivity contribution in [1.82, 2.24) is 0 Å². The summed E-state index contributed by atoms with van der Waals surface area (Å²) in [5.41, 5.74) is 6.12. The fourth-order valence-corrected chi connectivity index (χ4v) is 3.80. The predicted molar refractivity (Wildman–Crippen MR) is 117 cm³/mol. The van der Waals surface area contributed by atoms with Gasteiger partial charge in [0.25, 0.3) is 0 Å². The monoisotopic (exact) mass is 350 g/mol. The van der Waals surface area contributed by atoms with E-state index in [0.29, 0.717) is 16.7 Å². The van der Waals surface area contributed by atoms with E-state index in [-0.39, 0.29) is 0 Å². The molecule has 0 bridgehead atoms. The molecule has 142 valence electrons. The SMILES string of the molecule is Cc1ccc(-c2ccc(C(C)CC(CC(C)(C)C)C(C)(C)C)cc2)cc1. The molecule has 0 radical (unpaired) electrons. The van der Waals surface area contributed by atoms with Crippen molar-refractivity contribution in [2.75, 3.05) is 0 Å². The van der Waals surface area contributed by atoms with E-state index in [1.165, 1.54) is 35.1 Å². The zero-order valence-corrected chi connectivity index (χ0v) is 18.2. The molecule has 2 aromatic rings. The summed E-state index contributed by atoms with van der Waals surface area (Å²) in [6.07, 6.45) is 2.53. The third-order valence-corrected chi connectivity index (χ3v) is 5.59. The van der Waals surface area contributed by atoms with Crippen LogP contribution in [-0.4, -0.2) is 0 Å². The van der Waals surface area contributed by atoms with Gasteiger partial charge in [-0.05, 0) is 59.1 Å². The molecule has 0 fully saturated rings. The van der Waals surface area contributed by atoms with E-state index in [2.05, 4.69) is 104 Å². The van der Waals surface area contributed by atoms with Gasteiger partial charge in [0.15, 0.2) is 0 Å². The van der Waals surface area contributed by atoms with Crippen LogP contribution in [0, 0.1) is 23.7 Å². The average molecular weight is 351 g/mol. The molecule has 2 unspecified atom stereocenters. The molecule has 0 heteroatoms. The van der Waals surface area contributed by atoms with E-state index in [4.69, 9.17) is 0 Å². The third-order valence-electron chi connectivity index (χ3n) is 5.59. The van der Waals surface area contributed by atoms with Gasteiger partial charge in [-0.25, -0.2) is 0 Å². The Morgan fingerprint density at radius 3 is 1.62 bits per heavy atom. The van der Waals surface area contributed by atoms with Crippen LogP contribution in [0.2, 0.25) is 0 Å². The first-order valence-electron chi connectivity index (χ1n) is 10.1. The average Bonchev–Trinajstić information content (AvgIpc) is 2.53. The number of benzene rings is 2. The Hall–Kier alpha value is -1.56. The van der Waals surface area contributed by atoms with Crippen molar-refractivity contribution >= 4 is 0 Å². The smallest absolute Gasteiger partial charge is 0.0184 e. The molecule has 0 heterocycles. The molecule has 0 aliphatic carbocycles. The lowest BCUT2D eigenvalue weighted by Crippen LogP contribution is -2.27. The molecule has 0 aliphatic heterocycles. The van der Waals surface area contributed by atoms with Gasteiger partial charge in [-0.15, -0.1) is 0 Å². The summed E-state index contributed by atoms with van der Waals surface area (Å²) in [5.74, 6) is 1.32. The highest BCUT2D eigenvalue weighted by molar-refractivity contribution is 5.64. The number of hydrogen-bond acceptors (Lipinski definition) is 0. The molecule has 2 rings (SSSR count). The first kappa shape index (κ1) is 20.7. The number of hydrogen-bond donors (Lipinski definition) is 0. The first-order valence-corrected chi connectivity index (χ1v) is 10.1. The van der Waals surface area contributed by atoms with Crippen molar-refractivity contribution in [2.24, 2.45) is 16.7 Å². The maximum Gasteiger partial charge on any atom is -0.0184 e. The largest absolute Gasteiger partial charge is 0.0602 e. The van der Waals surface area contributed by atoms with Gasteiger partial charge in [0, 0.05) is 0 Å². The lowest BCUT2D eigenvalue weighted by atomic mass is 9.68. The van der Waals surface area contributed by atoms with Gasteiger partial charge in [0.05, 0.1) is 0 Å². The van der Waals surface area contributed by atoms with Crippen LogP contribution in [0.5, 0.6) is 0 Å². The van der Waals surface area contributed by atoms with E-state index < -0.39 is 0 Å².